The van der Waals surface area contributed by atoms with Crippen LogP contribution in [0.3, 0.4) is 0 Å². The molecule has 10 aromatic rings. The van der Waals surface area contributed by atoms with E-state index in [0.29, 0.717) is 5.89 Å². The Labute approximate surface area is 312 Å². The van der Waals surface area contributed by atoms with Gasteiger partial charge < -0.3 is 13.7 Å². The Hall–Kier alpha value is -6.91. The van der Waals surface area contributed by atoms with Crippen molar-refractivity contribution in [1.82, 2.24) is 4.98 Å². The molecular formula is C50H34N2O2. The van der Waals surface area contributed by atoms with Crippen molar-refractivity contribution in [3.05, 3.63) is 181 Å². The topological polar surface area (TPSA) is 42.4 Å². The number of fused-ring (bicyclic) bond motifs is 8. The lowest BCUT2D eigenvalue weighted by atomic mass is 9.82. The summed E-state index contributed by atoms with van der Waals surface area (Å²) in [5, 5.41) is 4.39. The molecule has 8 aromatic carbocycles. The molecule has 0 aliphatic heterocycles. The van der Waals surface area contributed by atoms with E-state index in [1.807, 2.05) is 36.4 Å². The van der Waals surface area contributed by atoms with E-state index >= 15 is 0 Å². The first kappa shape index (κ1) is 30.7. The molecule has 1 aliphatic rings. The van der Waals surface area contributed by atoms with Gasteiger partial charge in [-0.05, 0) is 111 Å². The summed E-state index contributed by atoms with van der Waals surface area (Å²) in [5.74, 6) is 0.586. The van der Waals surface area contributed by atoms with Gasteiger partial charge in [-0.25, -0.2) is 4.98 Å². The van der Waals surface area contributed by atoms with Crippen molar-refractivity contribution in [3.63, 3.8) is 0 Å². The minimum atomic E-state index is -0.0751. The second kappa shape index (κ2) is 11.5. The summed E-state index contributed by atoms with van der Waals surface area (Å²) in [6, 6.07) is 60.3. The van der Waals surface area contributed by atoms with E-state index in [0.717, 1.165) is 55.7 Å². The van der Waals surface area contributed by atoms with Crippen LogP contribution in [0.1, 0.15) is 25.0 Å². The minimum absolute atomic E-state index is 0.0751. The monoisotopic (exact) mass is 694 g/mol. The molecule has 0 amide bonds. The van der Waals surface area contributed by atoms with Crippen molar-refractivity contribution in [2.24, 2.45) is 0 Å². The van der Waals surface area contributed by atoms with Crippen molar-refractivity contribution in [3.8, 4) is 33.7 Å². The number of aromatic nitrogens is 1. The molecule has 0 saturated carbocycles. The summed E-state index contributed by atoms with van der Waals surface area (Å²) in [4.78, 5) is 7.18. The summed E-state index contributed by atoms with van der Waals surface area (Å²) >= 11 is 0. The molecule has 0 bridgehead atoms. The predicted octanol–water partition coefficient (Wildman–Crippen LogP) is 14.0. The SMILES string of the molecule is CC1(C)c2ccccc2-c2cc(N(c3ccc4cc(-c5ccccc5)ccc4c3)c3ccc4c(c3)oc3cccc(-c5nc6ccccc6o5)c34)ccc21. The Morgan fingerprint density at radius 3 is 2.06 bits per heavy atom. The van der Waals surface area contributed by atoms with Gasteiger partial charge in [-0.2, -0.15) is 0 Å². The number of furan rings is 1. The second-order valence-electron chi connectivity index (χ2n) is 14.8. The van der Waals surface area contributed by atoms with E-state index in [1.165, 1.54) is 44.2 Å². The van der Waals surface area contributed by atoms with Crippen molar-refractivity contribution >= 4 is 60.9 Å². The Bertz CT molecular complexity index is 3060. The predicted molar refractivity (Wildman–Crippen MR) is 222 cm³/mol. The first-order valence-electron chi connectivity index (χ1n) is 18.4. The van der Waals surface area contributed by atoms with E-state index in [2.05, 4.69) is 152 Å². The normalized spacial score (nSPS) is 13.1. The lowest BCUT2D eigenvalue weighted by Crippen LogP contribution is -2.15. The molecule has 256 valence electrons. The van der Waals surface area contributed by atoms with Crippen LogP contribution in [0.2, 0.25) is 0 Å². The van der Waals surface area contributed by atoms with Gasteiger partial charge in [-0.1, -0.05) is 111 Å². The zero-order chi connectivity index (χ0) is 36.0. The zero-order valence-corrected chi connectivity index (χ0v) is 29.9. The van der Waals surface area contributed by atoms with Crippen molar-refractivity contribution in [2.45, 2.75) is 19.3 Å². The number of para-hydroxylation sites is 2. The average Bonchev–Trinajstić information content (AvgIpc) is 3.88. The van der Waals surface area contributed by atoms with Gasteiger partial charge in [0, 0.05) is 44.9 Å². The number of nitrogens with zero attached hydrogens (tertiary/aromatic N) is 2. The van der Waals surface area contributed by atoms with Crippen LogP contribution in [0.4, 0.5) is 17.1 Å². The summed E-state index contributed by atoms with van der Waals surface area (Å²) in [5.41, 5.74) is 14.9. The van der Waals surface area contributed by atoms with Gasteiger partial charge in [0.1, 0.15) is 16.7 Å². The third kappa shape index (κ3) is 4.66. The highest BCUT2D eigenvalue weighted by Crippen LogP contribution is 2.51. The van der Waals surface area contributed by atoms with Gasteiger partial charge >= 0.3 is 0 Å². The number of anilines is 3. The molecule has 2 aromatic heterocycles. The Morgan fingerprint density at radius 1 is 0.463 bits per heavy atom. The average molecular weight is 695 g/mol. The fourth-order valence-corrected chi connectivity index (χ4v) is 8.60. The second-order valence-corrected chi connectivity index (χ2v) is 14.8. The van der Waals surface area contributed by atoms with E-state index < -0.39 is 0 Å². The van der Waals surface area contributed by atoms with Crippen molar-refractivity contribution in [2.75, 3.05) is 4.90 Å². The van der Waals surface area contributed by atoms with E-state index in [4.69, 9.17) is 13.8 Å². The van der Waals surface area contributed by atoms with E-state index in [1.54, 1.807) is 0 Å². The van der Waals surface area contributed by atoms with Crippen LogP contribution in [0.15, 0.2) is 179 Å². The van der Waals surface area contributed by atoms with Crippen molar-refractivity contribution < 1.29 is 8.83 Å². The van der Waals surface area contributed by atoms with Crippen molar-refractivity contribution in [1.29, 1.82) is 0 Å². The van der Waals surface area contributed by atoms with Crippen LogP contribution in [0.5, 0.6) is 0 Å². The van der Waals surface area contributed by atoms with Gasteiger partial charge in [0.25, 0.3) is 0 Å². The highest BCUT2D eigenvalue weighted by Gasteiger charge is 2.35. The minimum Gasteiger partial charge on any atom is -0.456 e. The third-order valence-corrected chi connectivity index (χ3v) is 11.3. The molecule has 0 unspecified atom stereocenters. The van der Waals surface area contributed by atoms with Crippen LogP contribution in [0.25, 0.3) is 77.5 Å². The van der Waals surface area contributed by atoms with Gasteiger partial charge in [-0.15, -0.1) is 0 Å². The summed E-state index contributed by atoms with van der Waals surface area (Å²) in [6.45, 7) is 4.65. The standard InChI is InChI=1S/C50H34N2O2/c1-50(2)42-15-7-6-13-38(42)41-29-36(24-26-43(41)50)52(35-22-21-33-27-32(19-20-34(33)28-35)31-11-4-3-5-12-31)37-23-25-39-47(30-37)53-46-18-10-14-40(48(39)46)49-51-44-16-8-9-17-45(44)54-49/h3-30H,1-2H3. The molecule has 0 fully saturated rings. The number of benzene rings is 8. The largest absolute Gasteiger partial charge is 0.456 e. The molecule has 4 heteroatoms. The van der Waals surface area contributed by atoms with Gasteiger partial charge in [0.15, 0.2) is 5.58 Å². The molecule has 0 spiro atoms. The summed E-state index contributed by atoms with van der Waals surface area (Å²) in [6.07, 6.45) is 0. The molecule has 54 heavy (non-hydrogen) atoms. The van der Waals surface area contributed by atoms with Gasteiger partial charge in [0.2, 0.25) is 5.89 Å². The lowest BCUT2D eigenvalue weighted by molar-refractivity contribution is 0.620. The summed E-state index contributed by atoms with van der Waals surface area (Å²) < 4.78 is 12.9. The molecule has 4 nitrogen and oxygen atoms in total. The molecule has 11 rings (SSSR count). The highest BCUT2D eigenvalue weighted by atomic mass is 16.3. The first-order chi connectivity index (χ1) is 26.5. The van der Waals surface area contributed by atoms with Crippen LogP contribution >= 0.6 is 0 Å². The number of rotatable bonds is 5. The van der Waals surface area contributed by atoms with Crippen LogP contribution < -0.4 is 4.90 Å². The first-order valence-corrected chi connectivity index (χ1v) is 18.4. The fourth-order valence-electron chi connectivity index (χ4n) is 8.60. The Balaban J connectivity index is 1.09. The molecule has 1 aliphatic carbocycles. The number of oxazole rings is 1. The van der Waals surface area contributed by atoms with Crippen LogP contribution in [0, 0.1) is 0 Å². The maximum absolute atomic E-state index is 6.63. The molecule has 2 heterocycles. The zero-order valence-electron chi connectivity index (χ0n) is 29.9. The van der Waals surface area contributed by atoms with Crippen LogP contribution in [-0.2, 0) is 5.41 Å². The summed E-state index contributed by atoms with van der Waals surface area (Å²) in [7, 11) is 0. The van der Waals surface area contributed by atoms with E-state index in [-0.39, 0.29) is 5.41 Å². The van der Waals surface area contributed by atoms with Gasteiger partial charge in [-0.3, -0.25) is 0 Å². The highest BCUT2D eigenvalue weighted by molar-refractivity contribution is 6.12. The van der Waals surface area contributed by atoms with Gasteiger partial charge in [0.05, 0.1) is 0 Å². The fraction of sp³-hybridized carbons (Fsp3) is 0.0600. The number of hydrogen-bond acceptors (Lipinski definition) is 4. The maximum atomic E-state index is 6.63. The quantitative estimate of drug-likeness (QED) is 0.180. The smallest absolute Gasteiger partial charge is 0.228 e. The molecular weight excluding hydrogens is 661 g/mol. The van der Waals surface area contributed by atoms with E-state index in [9.17, 15) is 0 Å². The molecule has 0 radical (unpaired) electrons. The molecule has 0 atom stereocenters. The Morgan fingerprint density at radius 2 is 1.15 bits per heavy atom. The van der Waals surface area contributed by atoms with Crippen LogP contribution in [-0.4, -0.2) is 4.98 Å². The maximum Gasteiger partial charge on any atom is 0.228 e. The lowest BCUT2D eigenvalue weighted by Gasteiger charge is -2.27. The molecule has 0 saturated heterocycles. The Kier molecular flexibility index (Phi) is 6.56. The number of hydrogen-bond donors (Lipinski definition) is 0. The third-order valence-electron chi connectivity index (χ3n) is 11.3. The molecule has 0 N–H and O–H groups in total.